The van der Waals surface area contributed by atoms with Crippen LogP contribution in [0.2, 0.25) is 0 Å². The number of hydrogen-bond acceptors (Lipinski definition) is 1. The number of carboxylic acids is 1. The molecule has 18 heavy (non-hydrogen) atoms. The summed E-state index contributed by atoms with van der Waals surface area (Å²) in [6.45, 7) is 0. The Morgan fingerprint density at radius 3 is 1.61 bits per heavy atom. The van der Waals surface area contributed by atoms with Crippen LogP contribution < -0.4 is 0 Å². The zero-order valence-electron chi connectivity index (χ0n) is 9.35. The van der Waals surface area contributed by atoms with Crippen molar-refractivity contribution in [1.82, 2.24) is 0 Å². The summed E-state index contributed by atoms with van der Waals surface area (Å²) in [6, 6.07) is 15.1. The lowest BCUT2D eigenvalue weighted by Crippen LogP contribution is -1.99. The van der Waals surface area contributed by atoms with E-state index < -0.39 is 5.97 Å². The molecule has 0 aliphatic rings. The van der Waals surface area contributed by atoms with Crippen molar-refractivity contribution in [3.8, 4) is 0 Å². The fourth-order valence-corrected chi connectivity index (χ4v) is 3.00. The molecule has 0 atom stereocenters. The van der Waals surface area contributed by atoms with Crippen molar-refractivity contribution in [3.63, 3.8) is 0 Å². The van der Waals surface area contributed by atoms with Crippen molar-refractivity contribution in [3.05, 3.63) is 58.6 Å². The number of fused-ring (bicyclic) bond motifs is 2. The molecule has 3 aromatic carbocycles. The molecule has 0 saturated heterocycles. The minimum Gasteiger partial charge on any atom is -0.478 e. The highest BCUT2D eigenvalue weighted by Gasteiger charge is 2.16. The van der Waals surface area contributed by atoms with Gasteiger partial charge in [-0.3, -0.25) is 0 Å². The van der Waals surface area contributed by atoms with Crippen molar-refractivity contribution in [1.29, 1.82) is 0 Å². The SMILES string of the molecule is O=C(O)c1c2ccccc2c(Br)c2ccccc12. The van der Waals surface area contributed by atoms with Gasteiger partial charge in [0.2, 0.25) is 0 Å². The molecule has 0 amide bonds. The van der Waals surface area contributed by atoms with Crippen molar-refractivity contribution in [2.45, 2.75) is 0 Å². The maximum Gasteiger partial charge on any atom is 0.336 e. The molecule has 0 radical (unpaired) electrons. The van der Waals surface area contributed by atoms with Gasteiger partial charge in [-0.25, -0.2) is 4.79 Å². The van der Waals surface area contributed by atoms with Gasteiger partial charge in [0.05, 0.1) is 5.56 Å². The lowest BCUT2D eigenvalue weighted by Gasteiger charge is -2.10. The van der Waals surface area contributed by atoms with Crippen LogP contribution in [-0.4, -0.2) is 11.1 Å². The summed E-state index contributed by atoms with van der Waals surface area (Å²) in [6.07, 6.45) is 0. The zero-order valence-corrected chi connectivity index (χ0v) is 10.9. The Kier molecular flexibility index (Phi) is 2.56. The van der Waals surface area contributed by atoms with E-state index in [9.17, 15) is 9.90 Å². The van der Waals surface area contributed by atoms with Gasteiger partial charge in [0, 0.05) is 4.47 Å². The molecule has 3 rings (SSSR count). The maximum atomic E-state index is 11.5. The summed E-state index contributed by atoms with van der Waals surface area (Å²) in [5.41, 5.74) is 0.365. The van der Waals surface area contributed by atoms with Gasteiger partial charge in [0.1, 0.15) is 0 Å². The number of hydrogen-bond donors (Lipinski definition) is 1. The van der Waals surface area contributed by atoms with Crippen LogP contribution in [0.1, 0.15) is 10.4 Å². The number of carbonyl (C=O) groups is 1. The molecule has 0 bridgehead atoms. The summed E-state index contributed by atoms with van der Waals surface area (Å²) in [5.74, 6) is -0.894. The zero-order chi connectivity index (χ0) is 12.7. The predicted octanol–water partition coefficient (Wildman–Crippen LogP) is 4.45. The van der Waals surface area contributed by atoms with Crippen LogP contribution in [0, 0.1) is 0 Å². The molecule has 2 nitrogen and oxygen atoms in total. The third-order valence-corrected chi connectivity index (χ3v) is 3.93. The van der Waals surface area contributed by atoms with Gasteiger partial charge in [-0.2, -0.15) is 0 Å². The van der Waals surface area contributed by atoms with Crippen LogP contribution in [0.5, 0.6) is 0 Å². The molecule has 0 aliphatic heterocycles. The van der Waals surface area contributed by atoms with E-state index in [0.29, 0.717) is 5.56 Å². The monoisotopic (exact) mass is 300 g/mol. The lowest BCUT2D eigenvalue weighted by atomic mass is 9.97. The second-order valence-electron chi connectivity index (χ2n) is 4.09. The van der Waals surface area contributed by atoms with Gasteiger partial charge in [0.25, 0.3) is 0 Å². The van der Waals surface area contributed by atoms with Crippen LogP contribution in [0.25, 0.3) is 21.5 Å². The van der Waals surface area contributed by atoms with Crippen molar-refractivity contribution in [2.24, 2.45) is 0 Å². The largest absolute Gasteiger partial charge is 0.478 e. The molecule has 0 aliphatic carbocycles. The Bertz CT molecular complexity index is 721. The van der Waals surface area contributed by atoms with Crippen LogP contribution in [0.15, 0.2) is 53.0 Å². The fraction of sp³-hybridized carbons (Fsp3) is 0. The van der Waals surface area contributed by atoms with E-state index in [0.717, 1.165) is 26.0 Å². The minimum absolute atomic E-state index is 0.365. The molecule has 1 N–H and O–H groups in total. The molecule has 0 unspecified atom stereocenters. The highest BCUT2D eigenvalue weighted by molar-refractivity contribution is 9.10. The molecule has 0 fully saturated rings. The maximum absolute atomic E-state index is 11.5. The quantitative estimate of drug-likeness (QED) is 0.674. The molecule has 3 heteroatoms. The standard InChI is InChI=1S/C15H9BrO2/c16-14-11-7-3-1-5-9(11)13(15(17)18)10-6-2-4-8-12(10)14/h1-8H,(H,17,18). The minimum atomic E-state index is -0.894. The van der Waals surface area contributed by atoms with Crippen molar-refractivity contribution < 1.29 is 9.90 Å². The second-order valence-corrected chi connectivity index (χ2v) is 4.88. The first-order valence-electron chi connectivity index (χ1n) is 5.52. The lowest BCUT2D eigenvalue weighted by molar-refractivity contribution is 0.0701. The molecular formula is C15H9BrO2. The average molecular weight is 301 g/mol. The normalized spacial score (nSPS) is 10.9. The Labute approximate surface area is 112 Å². The average Bonchev–Trinajstić information content (AvgIpc) is 2.39. The van der Waals surface area contributed by atoms with E-state index in [4.69, 9.17) is 0 Å². The third kappa shape index (κ3) is 1.51. The summed E-state index contributed by atoms with van der Waals surface area (Å²) < 4.78 is 0.943. The van der Waals surface area contributed by atoms with Crippen molar-refractivity contribution >= 4 is 43.4 Å². The van der Waals surface area contributed by atoms with E-state index in [1.807, 2.05) is 48.5 Å². The molecule has 88 valence electrons. The van der Waals surface area contributed by atoms with Gasteiger partial charge in [0.15, 0.2) is 0 Å². The van der Waals surface area contributed by atoms with E-state index in [-0.39, 0.29) is 0 Å². The number of benzene rings is 3. The van der Waals surface area contributed by atoms with Gasteiger partial charge in [-0.05, 0) is 37.5 Å². The number of rotatable bonds is 1. The number of halogens is 1. The van der Waals surface area contributed by atoms with Gasteiger partial charge < -0.3 is 5.11 Å². The van der Waals surface area contributed by atoms with Crippen LogP contribution in [0.4, 0.5) is 0 Å². The summed E-state index contributed by atoms with van der Waals surface area (Å²) in [5, 5.41) is 12.8. The number of carboxylic acid groups (broad SMARTS) is 1. The van der Waals surface area contributed by atoms with E-state index in [2.05, 4.69) is 15.9 Å². The highest BCUT2D eigenvalue weighted by atomic mass is 79.9. The van der Waals surface area contributed by atoms with Gasteiger partial charge >= 0.3 is 5.97 Å². The smallest absolute Gasteiger partial charge is 0.336 e. The molecule has 0 saturated carbocycles. The Morgan fingerprint density at radius 2 is 1.22 bits per heavy atom. The Balaban J connectivity index is 2.67. The molecule has 0 heterocycles. The van der Waals surface area contributed by atoms with Crippen molar-refractivity contribution in [2.75, 3.05) is 0 Å². The van der Waals surface area contributed by atoms with Crippen LogP contribution in [-0.2, 0) is 0 Å². The Morgan fingerprint density at radius 1 is 0.833 bits per heavy atom. The topological polar surface area (TPSA) is 37.3 Å². The van der Waals surface area contributed by atoms with Crippen LogP contribution in [0.3, 0.4) is 0 Å². The molecular weight excluding hydrogens is 292 g/mol. The Hall–Kier alpha value is -1.87. The molecule has 0 aromatic heterocycles. The van der Waals surface area contributed by atoms with E-state index >= 15 is 0 Å². The van der Waals surface area contributed by atoms with E-state index in [1.165, 1.54) is 0 Å². The first-order chi connectivity index (χ1) is 8.70. The first-order valence-corrected chi connectivity index (χ1v) is 6.31. The fourth-order valence-electron chi connectivity index (χ4n) is 2.31. The van der Waals surface area contributed by atoms with Crippen LogP contribution >= 0.6 is 15.9 Å². The van der Waals surface area contributed by atoms with Gasteiger partial charge in [-0.1, -0.05) is 48.5 Å². The predicted molar refractivity (Wildman–Crippen MR) is 76.1 cm³/mol. The summed E-state index contributed by atoms with van der Waals surface area (Å²) in [4.78, 5) is 11.5. The van der Waals surface area contributed by atoms with Gasteiger partial charge in [-0.15, -0.1) is 0 Å². The molecule has 3 aromatic rings. The van der Waals surface area contributed by atoms with E-state index in [1.54, 1.807) is 0 Å². The third-order valence-electron chi connectivity index (χ3n) is 3.08. The summed E-state index contributed by atoms with van der Waals surface area (Å²) >= 11 is 3.57. The first kappa shape index (κ1) is 11.2. The highest BCUT2D eigenvalue weighted by Crippen LogP contribution is 2.36. The second kappa shape index (κ2) is 4.10. The molecule has 0 spiro atoms. The number of aromatic carboxylic acids is 1. The summed E-state index contributed by atoms with van der Waals surface area (Å²) in [7, 11) is 0.